The number of esters is 1. The average molecular weight is 251 g/mol. The number of aryl methyl sites for hydroxylation is 3. The fourth-order valence-corrected chi connectivity index (χ4v) is 2.22. The predicted molar refractivity (Wildman–Crippen MR) is 64.2 cm³/mol. The molecule has 0 saturated carbocycles. The summed E-state index contributed by atoms with van der Waals surface area (Å²) in [5, 5.41) is 3.81. The molecule has 0 aromatic carbocycles. The van der Waals surface area contributed by atoms with Gasteiger partial charge in [-0.15, -0.1) is 11.3 Å². The lowest BCUT2D eigenvalue weighted by atomic mass is 10.2. The van der Waals surface area contributed by atoms with E-state index in [4.69, 9.17) is 9.26 Å². The molecule has 0 amide bonds. The van der Waals surface area contributed by atoms with E-state index in [9.17, 15) is 4.79 Å². The summed E-state index contributed by atoms with van der Waals surface area (Å²) in [5.74, 6) is 0.390. The highest BCUT2D eigenvalue weighted by molar-refractivity contribution is 7.13. The van der Waals surface area contributed by atoms with Crippen molar-refractivity contribution < 1.29 is 14.1 Å². The van der Waals surface area contributed by atoms with Gasteiger partial charge in [-0.25, -0.2) is 4.79 Å². The molecule has 0 saturated heterocycles. The summed E-state index contributed by atoms with van der Waals surface area (Å²) in [5.41, 5.74) is 1.60. The number of hydrogen-bond donors (Lipinski definition) is 0. The zero-order valence-corrected chi connectivity index (χ0v) is 10.8. The molecule has 0 spiro atoms. The van der Waals surface area contributed by atoms with Crippen molar-refractivity contribution in [2.24, 2.45) is 0 Å². The second-order valence-corrected chi connectivity index (χ2v) is 5.08. The molecular weight excluding hydrogens is 238 g/mol. The first kappa shape index (κ1) is 11.9. The number of aromatic nitrogens is 1. The van der Waals surface area contributed by atoms with Crippen LogP contribution in [-0.2, 0) is 11.3 Å². The number of nitrogens with zero attached hydrogens (tertiary/aromatic N) is 1. The van der Waals surface area contributed by atoms with E-state index in [0.29, 0.717) is 10.6 Å². The van der Waals surface area contributed by atoms with Gasteiger partial charge in [-0.1, -0.05) is 5.16 Å². The quantitative estimate of drug-likeness (QED) is 0.787. The SMILES string of the molecule is Cc1ccc(C(=O)OCc2c(C)noc2C)s1. The van der Waals surface area contributed by atoms with E-state index in [0.717, 1.165) is 16.1 Å². The van der Waals surface area contributed by atoms with Crippen LogP contribution in [-0.4, -0.2) is 11.1 Å². The van der Waals surface area contributed by atoms with Crippen LogP contribution in [0.5, 0.6) is 0 Å². The number of rotatable bonds is 3. The molecule has 0 unspecified atom stereocenters. The molecule has 17 heavy (non-hydrogen) atoms. The van der Waals surface area contributed by atoms with Crippen molar-refractivity contribution in [1.82, 2.24) is 5.16 Å². The third-order valence-corrected chi connectivity index (χ3v) is 3.45. The Bertz CT molecular complexity index is 522. The summed E-state index contributed by atoms with van der Waals surface area (Å²) in [6.45, 7) is 5.79. The first-order valence-corrected chi connectivity index (χ1v) is 6.05. The summed E-state index contributed by atoms with van der Waals surface area (Å²) in [6, 6.07) is 3.67. The minimum atomic E-state index is -0.303. The molecule has 2 heterocycles. The summed E-state index contributed by atoms with van der Waals surface area (Å²) >= 11 is 1.43. The van der Waals surface area contributed by atoms with E-state index in [2.05, 4.69) is 5.16 Å². The van der Waals surface area contributed by atoms with Crippen molar-refractivity contribution in [1.29, 1.82) is 0 Å². The fourth-order valence-electron chi connectivity index (χ4n) is 1.46. The first-order chi connectivity index (χ1) is 8.08. The summed E-state index contributed by atoms with van der Waals surface area (Å²) in [7, 11) is 0. The third-order valence-electron chi connectivity index (χ3n) is 2.47. The van der Waals surface area contributed by atoms with Crippen LogP contribution in [0.3, 0.4) is 0 Å². The van der Waals surface area contributed by atoms with Crippen LogP contribution >= 0.6 is 11.3 Å². The number of hydrogen-bond acceptors (Lipinski definition) is 5. The van der Waals surface area contributed by atoms with Crippen LogP contribution in [0.25, 0.3) is 0 Å². The van der Waals surface area contributed by atoms with Gasteiger partial charge >= 0.3 is 5.97 Å². The Morgan fingerprint density at radius 2 is 2.18 bits per heavy atom. The van der Waals surface area contributed by atoms with Gasteiger partial charge in [-0.2, -0.15) is 0 Å². The molecule has 0 bridgehead atoms. The molecule has 0 radical (unpaired) electrons. The van der Waals surface area contributed by atoms with Crippen LogP contribution in [0, 0.1) is 20.8 Å². The number of ether oxygens (including phenoxy) is 1. The van der Waals surface area contributed by atoms with Crippen LogP contribution in [0.15, 0.2) is 16.7 Å². The molecule has 2 rings (SSSR count). The Kier molecular flexibility index (Phi) is 3.28. The number of carbonyl (C=O) groups is 1. The third kappa shape index (κ3) is 2.55. The van der Waals surface area contributed by atoms with Crippen LogP contribution < -0.4 is 0 Å². The van der Waals surface area contributed by atoms with Gasteiger partial charge in [-0.3, -0.25) is 0 Å². The van der Waals surface area contributed by atoms with Crippen molar-refractivity contribution in [3.8, 4) is 0 Å². The first-order valence-electron chi connectivity index (χ1n) is 5.23. The van der Waals surface area contributed by atoms with Crippen molar-refractivity contribution in [2.45, 2.75) is 27.4 Å². The number of thiophene rings is 1. The minimum absolute atomic E-state index is 0.205. The van der Waals surface area contributed by atoms with E-state index in [1.54, 1.807) is 13.0 Å². The second-order valence-electron chi connectivity index (χ2n) is 3.79. The Morgan fingerprint density at radius 3 is 2.71 bits per heavy atom. The van der Waals surface area contributed by atoms with Gasteiger partial charge in [0.1, 0.15) is 17.2 Å². The summed E-state index contributed by atoms with van der Waals surface area (Å²) in [6.07, 6.45) is 0. The molecular formula is C12H13NO3S. The Balaban J connectivity index is 2.02. The maximum absolute atomic E-state index is 11.7. The number of carbonyl (C=O) groups excluding carboxylic acids is 1. The lowest BCUT2D eigenvalue weighted by Gasteiger charge is -2.02. The molecule has 90 valence electrons. The molecule has 0 fully saturated rings. The second kappa shape index (κ2) is 4.71. The highest BCUT2D eigenvalue weighted by Crippen LogP contribution is 2.18. The highest BCUT2D eigenvalue weighted by Gasteiger charge is 2.14. The van der Waals surface area contributed by atoms with Crippen LogP contribution in [0.4, 0.5) is 0 Å². The average Bonchev–Trinajstić information content (AvgIpc) is 2.84. The summed E-state index contributed by atoms with van der Waals surface area (Å²) in [4.78, 5) is 13.4. The van der Waals surface area contributed by atoms with Gasteiger partial charge in [0, 0.05) is 4.88 Å². The Hall–Kier alpha value is -1.62. The van der Waals surface area contributed by atoms with E-state index in [1.165, 1.54) is 11.3 Å². The van der Waals surface area contributed by atoms with Crippen molar-refractivity contribution in [3.63, 3.8) is 0 Å². The Morgan fingerprint density at radius 1 is 1.41 bits per heavy atom. The smallest absolute Gasteiger partial charge is 0.348 e. The molecule has 0 aliphatic carbocycles. The van der Waals surface area contributed by atoms with Crippen molar-refractivity contribution >= 4 is 17.3 Å². The fraction of sp³-hybridized carbons (Fsp3) is 0.333. The minimum Gasteiger partial charge on any atom is -0.456 e. The normalized spacial score (nSPS) is 10.5. The zero-order valence-electron chi connectivity index (χ0n) is 9.94. The van der Waals surface area contributed by atoms with Gasteiger partial charge in [0.05, 0.1) is 11.3 Å². The maximum atomic E-state index is 11.7. The van der Waals surface area contributed by atoms with Crippen LogP contribution in [0.2, 0.25) is 0 Å². The van der Waals surface area contributed by atoms with Gasteiger partial charge in [-0.05, 0) is 32.9 Å². The van der Waals surface area contributed by atoms with Crippen molar-refractivity contribution in [3.05, 3.63) is 38.9 Å². The van der Waals surface area contributed by atoms with Crippen molar-refractivity contribution in [2.75, 3.05) is 0 Å². The zero-order chi connectivity index (χ0) is 12.4. The molecule has 0 atom stereocenters. The van der Waals surface area contributed by atoms with E-state index < -0.39 is 0 Å². The molecule has 4 nitrogen and oxygen atoms in total. The topological polar surface area (TPSA) is 52.3 Å². The molecule has 2 aromatic heterocycles. The molecule has 5 heteroatoms. The van der Waals surface area contributed by atoms with E-state index in [-0.39, 0.29) is 12.6 Å². The Labute approximate surface area is 103 Å². The maximum Gasteiger partial charge on any atom is 0.348 e. The molecule has 2 aromatic rings. The molecule has 0 aliphatic heterocycles. The van der Waals surface area contributed by atoms with Gasteiger partial charge < -0.3 is 9.26 Å². The largest absolute Gasteiger partial charge is 0.456 e. The van der Waals surface area contributed by atoms with Gasteiger partial charge in [0.2, 0.25) is 0 Å². The van der Waals surface area contributed by atoms with Gasteiger partial charge in [0.15, 0.2) is 0 Å². The standard InChI is InChI=1S/C12H13NO3S/c1-7-4-5-11(17-7)12(14)15-6-10-8(2)13-16-9(10)3/h4-5H,6H2,1-3H3. The predicted octanol–water partition coefficient (Wildman–Crippen LogP) is 3.02. The van der Waals surface area contributed by atoms with Gasteiger partial charge in [0.25, 0.3) is 0 Å². The molecule has 0 N–H and O–H groups in total. The highest BCUT2D eigenvalue weighted by atomic mass is 32.1. The molecule has 0 aliphatic rings. The monoisotopic (exact) mass is 251 g/mol. The van der Waals surface area contributed by atoms with E-state index >= 15 is 0 Å². The van der Waals surface area contributed by atoms with E-state index in [1.807, 2.05) is 19.9 Å². The lowest BCUT2D eigenvalue weighted by molar-refractivity contribution is 0.0476. The van der Waals surface area contributed by atoms with Crippen LogP contribution in [0.1, 0.15) is 31.6 Å². The lowest BCUT2D eigenvalue weighted by Crippen LogP contribution is -2.04. The summed E-state index contributed by atoms with van der Waals surface area (Å²) < 4.78 is 10.2.